The number of allylic oxidation sites excluding steroid dienone is 1. The van der Waals surface area contributed by atoms with Crippen molar-refractivity contribution >= 4 is 45.3 Å². The van der Waals surface area contributed by atoms with Gasteiger partial charge in [0.05, 0.1) is 17.7 Å². The molecule has 2 aromatic heterocycles. The Morgan fingerprint density at radius 2 is 2.29 bits per heavy atom. The molecule has 9 heteroatoms. The highest BCUT2D eigenvalue weighted by Crippen LogP contribution is 2.36. The van der Waals surface area contributed by atoms with Crippen LogP contribution in [0.3, 0.4) is 0 Å². The molecule has 0 aliphatic heterocycles. The van der Waals surface area contributed by atoms with Gasteiger partial charge in [-0.05, 0) is 37.7 Å². The van der Waals surface area contributed by atoms with E-state index in [2.05, 4.69) is 23.8 Å². The van der Waals surface area contributed by atoms with Crippen molar-refractivity contribution in [2.45, 2.75) is 44.8 Å². The summed E-state index contributed by atoms with van der Waals surface area (Å²) in [5.41, 5.74) is 1.04. The van der Waals surface area contributed by atoms with Gasteiger partial charge in [-0.3, -0.25) is 19.5 Å². The van der Waals surface area contributed by atoms with Crippen LogP contribution < -0.4 is 10.9 Å². The maximum atomic E-state index is 13.2. The Morgan fingerprint density at radius 3 is 3.00 bits per heavy atom. The second kappa shape index (κ2) is 8.91. The van der Waals surface area contributed by atoms with Gasteiger partial charge in [-0.2, -0.15) is 0 Å². The SMILES string of the molecule is C=CCn1c(SCC(=O)NC(=O)OCC)nc2sc3c(c2c1=O)CC[C@@H](C)C3. The summed E-state index contributed by atoms with van der Waals surface area (Å²) in [6, 6.07) is 0. The maximum Gasteiger partial charge on any atom is 0.413 e. The highest BCUT2D eigenvalue weighted by Gasteiger charge is 2.24. The van der Waals surface area contributed by atoms with E-state index >= 15 is 0 Å². The van der Waals surface area contributed by atoms with E-state index in [1.54, 1.807) is 28.9 Å². The Balaban J connectivity index is 1.90. The largest absolute Gasteiger partial charge is 0.450 e. The van der Waals surface area contributed by atoms with Gasteiger partial charge in [0, 0.05) is 11.4 Å². The van der Waals surface area contributed by atoms with E-state index in [-0.39, 0.29) is 17.9 Å². The van der Waals surface area contributed by atoms with Crippen LogP contribution in [-0.2, 0) is 28.9 Å². The molecule has 0 saturated carbocycles. The summed E-state index contributed by atoms with van der Waals surface area (Å²) in [6.07, 6.45) is 3.81. The highest BCUT2D eigenvalue weighted by atomic mass is 32.2. The topological polar surface area (TPSA) is 90.3 Å². The van der Waals surface area contributed by atoms with E-state index in [0.29, 0.717) is 23.0 Å². The van der Waals surface area contributed by atoms with E-state index in [0.717, 1.165) is 41.4 Å². The summed E-state index contributed by atoms with van der Waals surface area (Å²) in [7, 11) is 0. The Hall–Kier alpha value is -2.13. The molecule has 150 valence electrons. The first kappa shape index (κ1) is 20.6. The van der Waals surface area contributed by atoms with E-state index in [1.165, 1.54) is 4.88 Å². The van der Waals surface area contributed by atoms with Gasteiger partial charge in [0.1, 0.15) is 4.83 Å². The molecule has 2 heterocycles. The number of hydrogen-bond donors (Lipinski definition) is 1. The third-order valence-corrected chi connectivity index (χ3v) is 6.67. The highest BCUT2D eigenvalue weighted by molar-refractivity contribution is 7.99. The zero-order chi connectivity index (χ0) is 20.3. The van der Waals surface area contributed by atoms with Crippen LogP contribution in [0.25, 0.3) is 10.2 Å². The molecule has 0 fully saturated rings. The molecule has 0 unspecified atom stereocenters. The molecule has 1 atom stereocenters. The molecule has 0 spiro atoms. The molecule has 2 amide bonds. The minimum Gasteiger partial charge on any atom is -0.450 e. The summed E-state index contributed by atoms with van der Waals surface area (Å²) >= 11 is 2.69. The van der Waals surface area contributed by atoms with Crippen molar-refractivity contribution < 1.29 is 14.3 Å². The number of carbonyl (C=O) groups excluding carboxylic acids is 2. The van der Waals surface area contributed by atoms with Gasteiger partial charge in [0.15, 0.2) is 5.16 Å². The fraction of sp³-hybridized carbons (Fsp3) is 0.474. The van der Waals surface area contributed by atoms with Crippen LogP contribution in [0, 0.1) is 5.92 Å². The predicted octanol–water partition coefficient (Wildman–Crippen LogP) is 3.13. The van der Waals surface area contributed by atoms with E-state index in [1.807, 2.05) is 0 Å². The van der Waals surface area contributed by atoms with Crippen LogP contribution in [0.15, 0.2) is 22.6 Å². The Bertz CT molecular complexity index is 980. The average Bonchev–Trinajstić information content (AvgIpc) is 3.00. The van der Waals surface area contributed by atoms with Gasteiger partial charge in [-0.1, -0.05) is 24.8 Å². The first-order valence-corrected chi connectivity index (χ1v) is 11.0. The number of fused-ring (bicyclic) bond motifs is 3. The third kappa shape index (κ3) is 4.30. The Labute approximate surface area is 171 Å². The molecular weight excluding hydrogens is 398 g/mol. The standard InChI is InChI=1S/C19H23N3O4S2/c1-4-8-22-17(24)15-12-7-6-11(3)9-13(12)28-16(15)21-18(22)27-10-14(23)20-19(25)26-5-2/h4,11H,1,5-10H2,2-3H3,(H,20,23,25)/t11-/m1/s1. The lowest BCUT2D eigenvalue weighted by atomic mass is 9.89. The van der Waals surface area contributed by atoms with Crippen LogP contribution in [0.1, 0.15) is 30.7 Å². The summed E-state index contributed by atoms with van der Waals surface area (Å²) < 4.78 is 6.24. The number of hydrogen-bond acceptors (Lipinski definition) is 7. The van der Waals surface area contributed by atoms with Crippen LogP contribution in [0.5, 0.6) is 0 Å². The number of ether oxygens (including phenoxy) is 1. The van der Waals surface area contributed by atoms with Crippen molar-refractivity contribution in [3.8, 4) is 0 Å². The van der Waals surface area contributed by atoms with Crippen LogP contribution in [0.2, 0.25) is 0 Å². The zero-order valence-electron chi connectivity index (χ0n) is 15.9. The Kier molecular flexibility index (Phi) is 6.56. The minimum absolute atomic E-state index is 0.0456. The summed E-state index contributed by atoms with van der Waals surface area (Å²) in [5, 5.41) is 3.30. The molecule has 3 rings (SSSR count). The van der Waals surface area contributed by atoms with Gasteiger partial charge >= 0.3 is 6.09 Å². The van der Waals surface area contributed by atoms with Crippen molar-refractivity contribution in [2.75, 3.05) is 12.4 Å². The number of imide groups is 1. The fourth-order valence-corrected chi connectivity index (χ4v) is 5.48. The number of nitrogens with one attached hydrogen (secondary N) is 1. The predicted molar refractivity (Wildman–Crippen MR) is 111 cm³/mol. The number of nitrogens with zero attached hydrogens (tertiary/aromatic N) is 2. The van der Waals surface area contributed by atoms with Crippen LogP contribution in [0.4, 0.5) is 4.79 Å². The maximum absolute atomic E-state index is 13.2. The van der Waals surface area contributed by atoms with Crippen molar-refractivity contribution in [3.05, 3.63) is 33.4 Å². The monoisotopic (exact) mass is 421 g/mol. The number of alkyl carbamates (subject to hydrolysis) is 1. The second-order valence-corrected chi connectivity index (χ2v) is 8.71. The molecule has 1 aliphatic rings. The molecule has 0 aromatic carbocycles. The molecule has 0 bridgehead atoms. The molecule has 1 N–H and O–H groups in total. The number of rotatable bonds is 6. The lowest BCUT2D eigenvalue weighted by molar-refractivity contribution is -0.117. The molecule has 0 radical (unpaired) electrons. The lowest BCUT2D eigenvalue weighted by Gasteiger charge is -2.17. The summed E-state index contributed by atoms with van der Waals surface area (Å²) in [6.45, 7) is 8.10. The summed E-state index contributed by atoms with van der Waals surface area (Å²) in [4.78, 5) is 43.1. The first-order chi connectivity index (χ1) is 13.4. The van der Waals surface area contributed by atoms with Crippen LogP contribution in [-0.4, -0.2) is 33.9 Å². The van der Waals surface area contributed by atoms with Gasteiger partial charge in [-0.25, -0.2) is 9.78 Å². The fourth-order valence-electron chi connectivity index (χ4n) is 3.25. The smallest absolute Gasteiger partial charge is 0.413 e. The van der Waals surface area contributed by atoms with Gasteiger partial charge < -0.3 is 4.74 Å². The molecule has 1 aliphatic carbocycles. The molecule has 2 aromatic rings. The molecular formula is C19H23N3O4S2. The molecule has 28 heavy (non-hydrogen) atoms. The number of amides is 2. The number of carbonyl (C=O) groups is 2. The number of aryl methyl sites for hydroxylation is 1. The zero-order valence-corrected chi connectivity index (χ0v) is 17.6. The second-order valence-electron chi connectivity index (χ2n) is 6.69. The van der Waals surface area contributed by atoms with E-state index in [4.69, 9.17) is 4.74 Å². The first-order valence-electron chi connectivity index (χ1n) is 9.19. The average molecular weight is 422 g/mol. The minimum atomic E-state index is -0.778. The normalized spacial score (nSPS) is 15.9. The van der Waals surface area contributed by atoms with Crippen LogP contribution >= 0.6 is 23.1 Å². The van der Waals surface area contributed by atoms with E-state index in [9.17, 15) is 14.4 Å². The Morgan fingerprint density at radius 1 is 1.50 bits per heavy atom. The number of aromatic nitrogens is 2. The van der Waals surface area contributed by atoms with Crippen molar-refractivity contribution in [3.63, 3.8) is 0 Å². The lowest BCUT2D eigenvalue weighted by Crippen LogP contribution is -2.32. The van der Waals surface area contributed by atoms with Crippen molar-refractivity contribution in [2.24, 2.45) is 5.92 Å². The number of thioether (sulfide) groups is 1. The molecule has 7 nitrogen and oxygen atoms in total. The van der Waals surface area contributed by atoms with Gasteiger partial charge in [0.25, 0.3) is 5.56 Å². The quantitative estimate of drug-likeness (QED) is 0.438. The van der Waals surface area contributed by atoms with Crippen molar-refractivity contribution in [1.29, 1.82) is 0 Å². The number of thiophene rings is 1. The van der Waals surface area contributed by atoms with Crippen molar-refractivity contribution in [1.82, 2.24) is 14.9 Å². The van der Waals surface area contributed by atoms with Gasteiger partial charge in [-0.15, -0.1) is 17.9 Å². The third-order valence-electron chi connectivity index (χ3n) is 4.54. The summed E-state index contributed by atoms with van der Waals surface area (Å²) in [5.74, 6) is 0.0642. The molecule has 0 saturated heterocycles. The van der Waals surface area contributed by atoms with E-state index < -0.39 is 12.0 Å². The van der Waals surface area contributed by atoms with Gasteiger partial charge in [0.2, 0.25) is 5.91 Å².